The minimum Gasteiger partial charge on any atom is -0.0912 e. The fraction of sp³-hybridized carbons (Fsp3) is 0.263. The minimum absolute atomic E-state index is 1.01. The van der Waals surface area contributed by atoms with E-state index in [1.54, 1.807) is 0 Å². The van der Waals surface area contributed by atoms with Crippen LogP contribution in [-0.4, -0.2) is 0 Å². The third kappa shape index (κ3) is 7.99. The molecule has 0 bridgehead atoms. The predicted molar refractivity (Wildman–Crippen MR) is 88.6 cm³/mol. The van der Waals surface area contributed by atoms with E-state index in [1.807, 2.05) is 24.3 Å². The molecule has 0 amide bonds. The number of aryl methyl sites for hydroxylation is 2. The van der Waals surface area contributed by atoms with E-state index in [-0.39, 0.29) is 0 Å². The highest BCUT2D eigenvalue weighted by Crippen LogP contribution is 2.02. The van der Waals surface area contributed by atoms with Gasteiger partial charge >= 0.3 is 0 Å². The molecule has 0 saturated heterocycles. The zero-order valence-electron chi connectivity index (χ0n) is 12.7. The van der Waals surface area contributed by atoms with Crippen molar-refractivity contribution in [3.8, 4) is 0 Å². The van der Waals surface area contributed by atoms with Crippen molar-refractivity contribution in [2.45, 2.75) is 34.1 Å². The zero-order valence-corrected chi connectivity index (χ0v) is 12.7. The van der Waals surface area contributed by atoms with Gasteiger partial charge in [-0.3, -0.25) is 0 Å². The first kappa shape index (κ1) is 17.2. The number of rotatable bonds is 0. The van der Waals surface area contributed by atoms with Gasteiger partial charge in [-0.15, -0.1) is 0 Å². The van der Waals surface area contributed by atoms with Crippen LogP contribution in [0.2, 0.25) is 0 Å². The van der Waals surface area contributed by atoms with Gasteiger partial charge in [0.05, 0.1) is 0 Å². The second-order valence-corrected chi connectivity index (χ2v) is 4.56. The first-order chi connectivity index (χ1) is 9.02. The number of hydrogen-bond acceptors (Lipinski definition) is 0. The highest BCUT2D eigenvalue weighted by Gasteiger charge is 1.83. The van der Waals surface area contributed by atoms with Crippen molar-refractivity contribution >= 4 is 13.2 Å². The molecule has 0 N–H and O–H groups in total. The molecule has 102 valence electrons. The highest BCUT2D eigenvalue weighted by atomic mass is 13.9. The van der Waals surface area contributed by atoms with Crippen LogP contribution in [0.1, 0.15) is 31.4 Å². The third-order valence-electron chi connectivity index (χ3n) is 2.54. The van der Waals surface area contributed by atoms with E-state index < -0.39 is 0 Å². The van der Waals surface area contributed by atoms with Gasteiger partial charge in [0.1, 0.15) is 0 Å². The monoisotopic (exact) mass is 254 g/mol. The maximum atomic E-state index is 3.76. The molecule has 2 aromatic carbocycles. The van der Waals surface area contributed by atoms with E-state index in [0.717, 1.165) is 10.4 Å². The molecule has 2 aromatic rings. The van der Waals surface area contributed by atoms with Gasteiger partial charge in [0, 0.05) is 0 Å². The molecule has 0 aliphatic heterocycles. The first-order valence-corrected chi connectivity index (χ1v) is 6.78. The Labute approximate surface area is 118 Å². The Morgan fingerprint density at radius 1 is 0.684 bits per heavy atom. The van der Waals surface area contributed by atoms with Gasteiger partial charge in [-0.1, -0.05) is 82.0 Å². The summed E-state index contributed by atoms with van der Waals surface area (Å²) < 4.78 is 0. The molecule has 0 atom stereocenters. The lowest BCUT2D eigenvalue weighted by Gasteiger charge is -1.93. The molecule has 0 saturated carbocycles. The molecule has 19 heavy (non-hydrogen) atoms. The average Bonchev–Trinajstić information content (AvgIpc) is 2.38. The van der Waals surface area contributed by atoms with Crippen LogP contribution in [0.15, 0.2) is 48.5 Å². The summed E-state index contributed by atoms with van der Waals surface area (Å²) in [5.41, 5.74) is 2.74. The molecule has 0 spiro atoms. The second-order valence-electron chi connectivity index (χ2n) is 4.56. The summed E-state index contributed by atoms with van der Waals surface area (Å²) in [5, 5.41) is 2.01. The fourth-order valence-electron chi connectivity index (χ4n) is 1.22. The van der Waals surface area contributed by atoms with Crippen molar-refractivity contribution in [3.63, 3.8) is 0 Å². The van der Waals surface area contributed by atoms with Gasteiger partial charge in [0.2, 0.25) is 0 Å². The Kier molecular flexibility index (Phi) is 9.16. The Bertz CT molecular complexity index is 502. The van der Waals surface area contributed by atoms with Crippen LogP contribution in [0.5, 0.6) is 0 Å². The van der Waals surface area contributed by atoms with Crippen LogP contribution in [-0.2, 0) is 0 Å². The van der Waals surface area contributed by atoms with Gasteiger partial charge in [-0.25, -0.2) is 0 Å². The Hall–Kier alpha value is -1.82. The van der Waals surface area contributed by atoms with E-state index in [0.29, 0.717) is 0 Å². The molecular formula is C19H26. The average molecular weight is 254 g/mol. The van der Waals surface area contributed by atoms with Gasteiger partial charge in [0.25, 0.3) is 0 Å². The van der Waals surface area contributed by atoms with Crippen molar-refractivity contribution in [2.75, 3.05) is 0 Å². The predicted octanol–water partition coefficient (Wildman–Crippen LogP) is 4.23. The van der Waals surface area contributed by atoms with Crippen LogP contribution in [0.3, 0.4) is 0 Å². The lowest BCUT2D eigenvalue weighted by Crippen LogP contribution is -2.19. The van der Waals surface area contributed by atoms with Crippen LogP contribution in [0, 0.1) is 13.8 Å². The van der Waals surface area contributed by atoms with Crippen LogP contribution in [0.25, 0.3) is 13.2 Å². The lowest BCUT2D eigenvalue weighted by molar-refractivity contribution is 1.09. The normalized spacial score (nSPS) is 8.63. The second kappa shape index (κ2) is 10.1. The first-order valence-electron chi connectivity index (χ1n) is 6.78. The molecule has 0 heterocycles. The van der Waals surface area contributed by atoms with Gasteiger partial charge in [-0.05, 0) is 35.4 Å². The molecule has 0 aromatic heterocycles. The van der Waals surface area contributed by atoms with Crippen molar-refractivity contribution in [2.24, 2.45) is 0 Å². The van der Waals surface area contributed by atoms with E-state index >= 15 is 0 Å². The van der Waals surface area contributed by atoms with Crippen LogP contribution >= 0.6 is 0 Å². The van der Waals surface area contributed by atoms with Crippen molar-refractivity contribution in [1.82, 2.24) is 0 Å². The molecule has 0 nitrogen and oxygen atoms in total. The molecule has 0 heteroatoms. The summed E-state index contributed by atoms with van der Waals surface area (Å²) in [4.78, 5) is 0. The molecule has 0 aliphatic carbocycles. The fourth-order valence-corrected chi connectivity index (χ4v) is 1.22. The SMILES string of the molecule is C=c1ccccc1=C.CCC.Cc1ccccc1C. The quantitative estimate of drug-likeness (QED) is 0.660. The van der Waals surface area contributed by atoms with Gasteiger partial charge in [-0.2, -0.15) is 0 Å². The van der Waals surface area contributed by atoms with Crippen LogP contribution in [0.4, 0.5) is 0 Å². The molecular weight excluding hydrogens is 228 g/mol. The number of benzene rings is 2. The Morgan fingerprint density at radius 2 is 0.947 bits per heavy atom. The summed E-state index contributed by atoms with van der Waals surface area (Å²) >= 11 is 0. The number of hydrogen-bond donors (Lipinski definition) is 0. The summed E-state index contributed by atoms with van der Waals surface area (Å²) in [6.07, 6.45) is 1.25. The molecule has 2 rings (SSSR count). The third-order valence-corrected chi connectivity index (χ3v) is 2.54. The summed E-state index contributed by atoms with van der Waals surface area (Å²) in [5.74, 6) is 0. The molecule has 0 unspecified atom stereocenters. The Balaban J connectivity index is 0.000000284. The standard InChI is InChI=1S/C8H10.C8H8.C3H8/c2*1-7-5-3-4-6-8(7)2;1-3-2/h3-6H,1-2H3;3-6H,1-2H2;3H2,1-2H3. The summed E-state index contributed by atoms with van der Waals surface area (Å²) in [6, 6.07) is 16.2. The van der Waals surface area contributed by atoms with Crippen LogP contribution < -0.4 is 10.4 Å². The zero-order chi connectivity index (χ0) is 14.7. The van der Waals surface area contributed by atoms with Crippen molar-refractivity contribution in [1.29, 1.82) is 0 Å². The largest absolute Gasteiger partial charge is 0.0912 e. The van der Waals surface area contributed by atoms with Crippen molar-refractivity contribution < 1.29 is 0 Å². The highest BCUT2D eigenvalue weighted by molar-refractivity contribution is 5.23. The maximum Gasteiger partial charge on any atom is -0.0262 e. The van der Waals surface area contributed by atoms with Gasteiger partial charge in [0.15, 0.2) is 0 Å². The summed E-state index contributed by atoms with van der Waals surface area (Å²) in [7, 11) is 0. The Morgan fingerprint density at radius 3 is 1.16 bits per heavy atom. The summed E-state index contributed by atoms with van der Waals surface area (Å²) in [6.45, 7) is 16.0. The lowest BCUT2D eigenvalue weighted by atomic mass is 10.1. The molecule has 0 fully saturated rings. The van der Waals surface area contributed by atoms with Gasteiger partial charge < -0.3 is 0 Å². The topological polar surface area (TPSA) is 0 Å². The molecule has 0 aliphatic rings. The molecule has 0 radical (unpaired) electrons. The smallest absolute Gasteiger partial charge is 0.0262 e. The van der Waals surface area contributed by atoms with E-state index in [9.17, 15) is 0 Å². The van der Waals surface area contributed by atoms with E-state index in [4.69, 9.17) is 0 Å². The van der Waals surface area contributed by atoms with E-state index in [2.05, 4.69) is 65.1 Å². The maximum absolute atomic E-state index is 3.76. The minimum atomic E-state index is 1.01. The van der Waals surface area contributed by atoms with Crippen molar-refractivity contribution in [3.05, 3.63) is 70.1 Å². The van der Waals surface area contributed by atoms with E-state index in [1.165, 1.54) is 17.5 Å².